The molecule has 8 atom stereocenters. The largest absolute Gasteiger partial charge is 0.475 e. The smallest absolute Gasteiger partial charge is 0.397 e. The van der Waals surface area contributed by atoms with Gasteiger partial charge in [0.1, 0.15) is 24.4 Å². The van der Waals surface area contributed by atoms with Crippen LogP contribution in [-0.4, -0.2) is 113 Å². The van der Waals surface area contributed by atoms with E-state index < -0.39 is 83.6 Å². The van der Waals surface area contributed by atoms with Crippen LogP contribution in [0.25, 0.3) is 0 Å². The zero-order valence-electron chi connectivity index (χ0n) is 16.7. The summed E-state index contributed by atoms with van der Waals surface area (Å²) in [6.07, 6.45) is -10.9. The summed E-state index contributed by atoms with van der Waals surface area (Å²) in [5.41, 5.74) is 0. The van der Waals surface area contributed by atoms with E-state index in [1.54, 1.807) is 0 Å². The minimum atomic E-state index is -5.17. The first-order valence-corrected chi connectivity index (χ1v) is 10.7. The third kappa shape index (κ3) is 6.56. The van der Waals surface area contributed by atoms with E-state index in [4.69, 9.17) is 23.9 Å². The predicted molar refractivity (Wildman–Crippen MR) is 99.0 cm³/mol. The van der Waals surface area contributed by atoms with Crippen LogP contribution >= 0.6 is 0 Å². The first-order chi connectivity index (χ1) is 14.9. The van der Waals surface area contributed by atoms with Crippen molar-refractivity contribution in [2.24, 2.45) is 0 Å². The van der Waals surface area contributed by atoms with Crippen LogP contribution in [0.2, 0.25) is 0 Å². The van der Waals surface area contributed by atoms with Crippen molar-refractivity contribution in [1.82, 2.24) is 5.32 Å². The maximum absolute atomic E-state index is 11.5. The highest BCUT2D eigenvalue weighted by Crippen LogP contribution is 2.30. The first kappa shape index (κ1) is 26.4. The molecule has 0 bridgehead atoms. The van der Waals surface area contributed by atoms with Gasteiger partial charge >= 0.3 is 16.4 Å². The Bertz CT molecular complexity index is 816. The number of amides is 1. The fraction of sp³-hybridized carbons (Fsp3) is 0.750. The molecule has 0 aromatic heterocycles. The summed E-state index contributed by atoms with van der Waals surface area (Å²) in [7, 11) is -5.17. The SMILES string of the molecule is CC(=O)N[C@@H]1[C@@H](O)[C@H](O[C@H]2OC(C(=O)O)=C[C@H](O)[C@H]2OS(=O)(=O)O)[C@@H](CO)O[C@H]1CCO. The normalized spacial score (nSPS) is 35.5. The van der Waals surface area contributed by atoms with Crippen molar-refractivity contribution in [2.45, 2.75) is 62.3 Å². The summed E-state index contributed by atoms with van der Waals surface area (Å²) in [5.74, 6) is -3.07. The van der Waals surface area contributed by atoms with Crippen LogP contribution in [0, 0.1) is 0 Å². The first-order valence-electron chi connectivity index (χ1n) is 9.31. The van der Waals surface area contributed by atoms with E-state index in [1.165, 1.54) is 0 Å². The van der Waals surface area contributed by atoms with Crippen molar-refractivity contribution in [3.63, 3.8) is 0 Å². The van der Waals surface area contributed by atoms with Gasteiger partial charge in [-0.1, -0.05) is 0 Å². The number of aliphatic hydroxyl groups excluding tert-OH is 4. The molecule has 0 unspecified atom stereocenters. The average Bonchev–Trinajstić information content (AvgIpc) is 2.67. The Morgan fingerprint density at radius 3 is 2.34 bits per heavy atom. The molecule has 2 aliphatic heterocycles. The third-order valence-corrected chi connectivity index (χ3v) is 5.15. The summed E-state index contributed by atoms with van der Waals surface area (Å²) in [6, 6.07) is -1.16. The molecule has 15 nitrogen and oxygen atoms in total. The van der Waals surface area contributed by atoms with Gasteiger partial charge in [-0.3, -0.25) is 9.35 Å². The molecule has 32 heavy (non-hydrogen) atoms. The molecule has 0 saturated carbocycles. The lowest BCUT2D eigenvalue weighted by molar-refractivity contribution is -0.281. The quantitative estimate of drug-likeness (QED) is 0.155. The standard InChI is InChI=1S/C16H25NO14S/c1-6(20)17-11-8(2-3-18)28-10(5-19)14(12(11)22)30-16-13(31-32(25,26)27)7(21)4-9(29-16)15(23)24/h4,7-8,10-14,16,18-19,21-22H,2-3,5H2,1H3,(H,17,20)(H,23,24)(H,25,26,27)/t7-,8-,10+,11-,12+,13+,14+,16+/m0/s1. The highest BCUT2D eigenvalue weighted by Gasteiger charge is 2.50. The second kappa shape index (κ2) is 10.8. The van der Waals surface area contributed by atoms with Crippen LogP contribution in [0.15, 0.2) is 11.8 Å². The van der Waals surface area contributed by atoms with Crippen LogP contribution in [0.3, 0.4) is 0 Å². The third-order valence-electron chi connectivity index (χ3n) is 4.69. The van der Waals surface area contributed by atoms with Gasteiger partial charge in [-0.2, -0.15) is 8.42 Å². The second-order valence-electron chi connectivity index (χ2n) is 7.03. The molecular formula is C16H25NO14S. The van der Waals surface area contributed by atoms with Gasteiger partial charge in [0.25, 0.3) is 0 Å². The van der Waals surface area contributed by atoms with Crippen LogP contribution in [0.5, 0.6) is 0 Å². The lowest BCUT2D eigenvalue weighted by Crippen LogP contribution is -2.66. The van der Waals surface area contributed by atoms with E-state index in [0.717, 1.165) is 6.92 Å². The predicted octanol–water partition coefficient (Wildman–Crippen LogP) is -3.75. The topological polar surface area (TPSA) is 239 Å². The second-order valence-corrected chi connectivity index (χ2v) is 8.07. The fourth-order valence-corrected chi connectivity index (χ4v) is 3.89. The van der Waals surface area contributed by atoms with E-state index in [1.807, 2.05) is 0 Å². The number of hydrogen-bond donors (Lipinski definition) is 7. The summed E-state index contributed by atoms with van der Waals surface area (Å²) in [5, 5.41) is 51.3. The zero-order valence-corrected chi connectivity index (χ0v) is 17.5. The molecule has 1 amide bonds. The highest BCUT2D eigenvalue weighted by molar-refractivity contribution is 7.80. The number of carbonyl (C=O) groups excluding carboxylic acids is 1. The van der Waals surface area contributed by atoms with Crippen LogP contribution in [0.4, 0.5) is 0 Å². The molecule has 16 heteroatoms. The van der Waals surface area contributed by atoms with Gasteiger partial charge in [-0.25, -0.2) is 8.98 Å². The lowest BCUT2D eigenvalue weighted by Gasteiger charge is -2.46. The van der Waals surface area contributed by atoms with Gasteiger partial charge in [0.2, 0.25) is 18.0 Å². The summed E-state index contributed by atoms with van der Waals surface area (Å²) < 4.78 is 51.7. The molecule has 7 N–H and O–H groups in total. The molecule has 1 fully saturated rings. The summed E-state index contributed by atoms with van der Waals surface area (Å²) >= 11 is 0. The van der Waals surface area contributed by atoms with Gasteiger partial charge in [0.15, 0.2) is 6.10 Å². The van der Waals surface area contributed by atoms with Gasteiger partial charge in [0, 0.05) is 13.5 Å². The van der Waals surface area contributed by atoms with Crippen LogP contribution in [-0.2, 0) is 38.4 Å². The summed E-state index contributed by atoms with van der Waals surface area (Å²) in [6.45, 7) is 0.0144. The van der Waals surface area contributed by atoms with Crippen LogP contribution < -0.4 is 5.32 Å². The minimum absolute atomic E-state index is 0.0374. The Kier molecular flexibility index (Phi) is 8.91. The summed E-state index contributed by atoms with van der Waals surface area (Å²) in [4.78, 5) is 22.8. The minimum Gasteiger partial charge on any atom is -0.475 e. The molecule has 0 aromatic carbocycles. The van der Waals surface area contributed by atoms with Crippen molar-refractivity contribution in [3.05, 3.63) is 11.8 Å². The zero-order chi connectivity index (χ0) is 24.2. The van der Waals surface area contributed by atoms with E-state index in [-0.39, 0.29) is 13.0 Å². The number of hydrogen-bond acceptors (Lipinski definition) is 12. The van der Waals surface area contributed by atoms with Crippen molar-refractivity contribution >= 4 is 22.3 Å². The van der Waals surface area contributed by atoms with Crippen molar-refractivity contribution in [1.29, 1.82) is 0 Å². The number of aliphatic hydroxyl groups is 4. The molecule has 0 spiro atoms. The van der Waals surface area contributed by atoms with Crippen molar-refractivity contribution in [3.8, 4) is 0 Å². The Labute approximate surface area is 182 Å². The lowest BCUT2D eigenvalue weighted by atomic mass is 9.91. The van der Waals surface area contributed by atoms with Gasteiger partial charge in [-0.05, 0) is 12.5 Å². The highest BCUT2D eigenvalue weighted by atomic mass is 32.3. The number of rotatable bonds is 9. The fourth-order valence-electron chi connectivity index (χ4n) is 3.40. The Balaban J connectivity index is 2.36. The van der Waals surface area contributed by atoms with E-state index in [0.29, 0.717) is 6.08 Å². The number of carbonyl (C=O) groups is 2. The maximum atomic E-state index is 11.5. The van der Waals surface area contributed by atoms with Gasteiger partial charge < -0.3 is 45.1 Å². The molecule has 2 heterocycles. The van der Waals surface area contributed by atoms with Crippen molar-refractivity contribution in [2.75, 3.05) is 13.2 Å². The monoisotopic (exact) mass is 487 g/mol. The van der Waals surface area contributed by atoms with E-state index >= 15 is 0 Å². The van der Waals surface area contributed by atoms with E-state index in [2.05, 4.69) is 9.50 Å². The molecular weight excluding hydrogens is 462 g/mol. The number of aliphatic carboxylic acids is 1. The molecule has 2 rings (SSSR count). The number of carboxylic acid groups (broad SMARTS) is 1. The molecule has 0 aliphatic carbocycles. The van der Waals surface area contributed by atoms with Crippen LogP contribution in [0.1, 0.15) is 13.3 Å². The van der Waals surface area contributed by atoms with E-state index in [9.17, 15) is 38.4 Å². The van der Waals surface area contributed by atoms with Gasteiger partial charge in [-0.15, -0.1) is 0 Å². The average molecular weight is 487 g/mol. The Morgan fingerprint density at radius 2 is 1.84 bits per heavy atom. The van der Waals surface area contributed by atoms with Gasteiger partial charge in [0.05, 0.1) is 18.8 Å². The maximum Gasteiger partial charge on any atom is 0.397 e. The molecule has 0 aromatic rings. The Hall–Kier alpha value is -1.89. The van der Waals surface area contributed by atoms with Crippen molar-refractivity contribution < 1.29 is 66.5 Å². The number of nitrogens with one attached hydrogen (secondary N) is 1. The number of ether oxygens (including phenoxy) is 3. The number of carboxylic acids is 1. The molecule has 2 aliphatic rings. The molecule has 184 valence electrons. The molecule has 0 radical (unpaired) electrons. The molecule has 1 saturated heterocycles. The Morgan fingerprint density at radius 1 is 1.19 bits per heavy atom.